The van der Waals surface area contributed by atoms with E-state index >= 15 is 0 Å². The highest BCUT2D eigenvalue weighted by atomic mass is 32.1. The predicted octanol–water partition coefficient (Wildman–Crippen LogP) is 3.12. The van der Waals surface area contributed by atoms with E-state index in [9.17, 15) is 5.11 Å². The minimum absolute atomic E-state index is 0.239. The van der Waals surface area contributed by atoms with Crippen LogP contribution in [0, 0.1) is 0 Å². The van der Waals surface area contributed by atoms with E-state index in [0.717, 1.165) is 10.6 Å². The molecule has 0 atom stereocenters. The minimum atomic E-state index is 0.239. The molecule has 0 fully saturated rings. The number of aromatic hydroxyl groups is 1. The quantitative estimate of drug-likeness (QED) is 0.715. The van der Waals surface area contributed by atoms with Crippen molar-refractivity contribution < 1.29 is 9.63 Å². The number of nitrogens with one attached hydrogen (secondary N) is 1. The summed E-state index contributed by atoms with van der Waals surface area (Å²) in [5, 5.41) is 18.2. The second-order valence-electron chi connectivity index (χ2n) is 3.89. The lowest BCUT2D eigenvalue weighted by atomic mass is 10.3. The third-order valence-corrected chi connectivity index (χ3v) is 3.39. The second kappa shape index (κ2) is 5.11. The lowest BCUT2D eigenvalue weighted by molar-refractivity contribution is 0.384. The third-order valence-electron chi connectivity index (χ3n) is 2.52. The van der Waals surface area contributed by atoms with Gasteiger partial charge in [0.1, 0.15) is 5.75 Å². The van der Waals surface area contributed by atoms with Crippen molar-refractivity contribution in [2.24, 2.45) is 0 Å². The number of phenolic OH excluding ortho intramolecular Hbond substituents is 1. The van der Waals surface area contributed by atoms with E-state index in [-0.39, 0.29) is 5.75 Å². The summed E-state index contributed by atoms with van der Waals surface area (Å²) in [5.41, 5.74) is 0.883. The molecule has 19 heavy (non-hydrogen) atoms. The lowest BCUT2D eigenvalue weighted by Crippen LogP contribution is -1.99. The molecule has 0 saturated heterocycles. The smallest absolute Gasteiger partial charge is 0.246 e. The Balaban J connectivity index is 1.66. The predicted molar refractivity (Wildman–Crippen MR) is 73.0 cm³/mol. The van der Waals surface area contributed by atoms with Crippen molar-refractivity contribution in [3.63, 3.8) is 0 Å². The molecule has 0 aliphatic rings. The first-order valence-corrected chi connectivity index (χ1v) is 6.58. The van der Waals surface area contributed by atoms with Crippen LogP contribution in [0.15, 0.2) is 46.3 Å². The fraction of sp³-hybridized carbons (Fsp3) is 0.0769. The van der Waals surface area contributed by atoms with Gasteiger partial charge in [0, 0.05) is 5.69 Å². The van der Waals surface area contributed by atoms with Crippen LogP contribution >= 0.6 is 11.3 Å². The number of thiophene rings is 1. The highest BCUT2D eigenvalue weighted by Crippen LogP contribution is 2.21. The summed E-state index contributed by atoms with van der Waals surface area (Å²) in [5.74, 6) is 1.37. The maximum Gasteiger partial charge on any atom is 0.246 e. The SMILES string of the molecule is Oc1ccc(NCc2nc(-c3cccs3)no2)cc1. The van der Waals surface area contributed by atoms with E-state index in [0.29, 0.717) is 18.3 Å². The van der Waals surface area contributed by atoms with Crippen LogP contribution in [0.2, 0.25) is 0 Å². The van der Waals surface area contributed by atoms with E-state index < -0.39 is 0 Å². The number of aromatic nitrogens is 2. The van der Waals surface area contributed by atoms with Crippen LogP contribution in [0.25, 0.3) is 10.7 Å². The van der Waals surface area contributed by atoms with E-state index in [4.69, 9.17) is 4.52 Å². The largest absolute Gasteiger partial charge is 0.508 e. The van der Waals surface area contributed by atoms with Crippen LogP contribution in [0.1, 0.15) is 5.89 Å². The summed E-state index contributed by atoms with van der Waals surface area (Å²) in [4.78, 5) is 5.29. The first-order chi connectivity index (χ1) is 9.31. The second-order valence-corrected chi connectivity index (χ2v) is 4.84. The van der Waals surface area contributed by atoms with Crippen molar-refractivity contribution in [3.05, 3.63) is 47.7 Å². The van der Waals surface area contributed by atoms with Gasteiger partial charge in [-0.15, -0.1) is 11.3 Å². The van der Waals surface area contributed by atoms with Crippen LogP contribution < -0.4 is 5.32 Å². The summed E-state index contributed by atoms with van der Waals surface area (Å²) in [6.45, 7) is 0.448. The molecule has 96 valence electrons. The number of phenols is 1. The maximum atomic E-state index is 9.18. The fourth-order valence-electron chi connectivity index (χ4n) is 1.59. The molecule has 5 nitrogen and oxygen atoms in total. The molecule has 2 N–H and O–H groups in total. The van der Waals surface area contributed by atoms with Gasteiger partial charge in [-0.25, -0.2) is 0 Å². The van der Waals surface area contributed by atoms with Crippen LogP contribution in [-0.4, -0.2) is 15.2 Å². The summed E-state index contributed by atoms with van der Waals surface area (Å²) in [7, 11) is 0. The number of benzene rings is 1. The molecule has 1 aromatic carbocycles. The Kier molecular flexibility index (Phi) is 3.16. The average molecular weight is 273 g/mol. The summed E-state index contributed by atoms with van der Waals surface area (Å²) >= 11 is 1.57. The molecule has 3 aromatic rings. The molecule has 6 heteroatoms. The van der Waals surface area contributed by atoms with Gasteiger partial charge in [0.15, 0.2) is 0 Å². The Morgan fingerprint density at radius 1 is 1.21 bits per heavy atom. The highest BCUT2D eigenvalue weighted by Gasteiger charge is 2.08. The molecule has 2 aromatic heterocycles. The van der Waals surface area contributed by atoms with Crippen LogP contribution in [0.5, 0.6) is 5.75 Å². The topological polar surface area (TPSA) is 71.2 Å². The zero-order chi connectivity index (χ0) is 13.1. The number of hydrogen-bond acceptors (Lipinski definition) is 6. The Bertz CT molecular complexity index is 647. The van der Waals surface area contributed by atoms with Crippen molar-refractivity contribution in [2.45, 2.75) is 6.54 Å². The molecule has 0 spiro atoms. The first-order valence-electron chi connectivity index (χ1n) is 5.70. The fourth-order valence-corrected chi connectivity index (χ4v) is 2.24. The molecule has 3 rings (SSSR count). The number of rotatable bonds is 4. The van der Waals surface area contributed by atoms with Crippen molar-refractivity contribution >= 4 is 17.0 Å². The van der Waals surface area contributed by atoms with Gasteiger partial charge in [-0.2, -0.15) is 4.98 Å². The maximum absolute atomic E-state index is 9.18. The van der Waals surface area contributed by atoms with Gasteiger partial charge in [0.2, 0.25) is 11.7 Å². The van der Waals surface area contributed by atoms with E-state index in [2.05, 4.69) is 15.5 Å². The van der Waals surface area contributed by atoms with Gasteiger partial charge in [0.05, 0.1) is 11.4 Å². The van der Waals surface area contributed by atoms with Crippen molar-refractivity contribution in [3.8, 4) is 16.5 Å². The molecule has 0 aliphatic heterocycles. The summed E-state index contributed by atoms with van der Waals surface area (Å²) < 4.78 is 5.17. The zero-order valence-corrected chi connectivity index (χ0v) is 10.7. The molecule has 0 amide bonds. The van der Waals surface area contributed by atoms with Crippen molar-refractivity contribution in [2.75, 3.05) is 5.32 Å². The molecular weight excluding hydrogens is 262 g/mol. The zero-order valence-electron chi connectivity index (χ0n) is 9.91. The Hall–Kier alpha value is -2.34. The number of hydrogen-bond donors (Lipinski definition) is 2. The Morgan fingerprint density at radius 2 is 2.05 bits per heavy atom. The molecule has 0 saturated carbocycles. The molecule has 0 bridgehead atoms. The molecule has 0 aliphatic carbocycles. The standard InChI is InChI=1S/C13H11N3O2S/c17-10-5-3-9(4-6-10)14-8-12-15-13(16-18-12)11-2-1-7-19-11/h1-7,14,17H,8H2. The summed E-state index contributed by atoms with van der Waals surface area (Å²) in [6.07, 6.45) is 0. The van der Waals surface area contributed by atoms with Gasteiger partial charge in [-0.1, -0.05) is 11.2 Å². The summed E-state index contributed by atoms with van der Waals surface area (Å²) in [6, 6.07) is 10.7. The van der Waals surface area contributed by atoms with Crippen molar-refractivity contribution in [1.29, 1.82) is 0 Å². The third kappa shape index (κ3) is 2.74. The van der Waals surface area contributed by atoms with Crippen LogP contribution in [-0.2, 0) is 6.54 Å². The molecule has 0 radical (unpaired) electrons. The van der Waals surface area contributed by atoms with Gasteiger partial charge in [-0.3, -0.25) is 0 Å². The van der Waals surface area contributed by atoms with Gasteiger partial charge >= 0.3 is 0 Å². The van der Waals surface area contributed by atoms with E-state index in [1.54, 1.807) is 35.6 Å². The lowest BCUT2D eigenvalue weighted by Gasteiger charge is -2.02. The van der Waals surface area contributed by atoms with Crippen LogP contribution in [0.4, 0.5) is 5.69 Å². The normalized spacial score (nSPS) is 10.5. The average Bonchev–Trinajstić information content (AvgIpc) is 3.09. The number of anilines is 1. The molecule has 2 heterocycles. The highest BCUT2D eigenvalue weighted by molar-refractivity contribution is 7.13. The monoisotopic (exact) mass is 273 g/mol. The molecular formula is C13H11N3O2S. The Morgan fingerprint density at radius 3 is 2.79 bits per heavy atom. The van der Waals surface area contributed by atoms with E-state index in [1.165, 1.54) is 0 Å². The number of nitrogens with zero attached hydrogens (tertiary/aromatic N) is 2. The van der Waals surface area contributed by atoms with E-state index in [1.807, 2.05) is 17.5 Å². The van der Waals surface area contributed by atoms with Gasteiger partial charge in [0.25, 0.3) is 0 Å². The minimum Gasteiger partial charge on any atom is -0.508 e. The first kappa shape index (κ1) is 11.7. The van der Waals surface area contributed by atoms with Gasteiger partial charge < -0.3 is 14.9 Å². The molecule has 0 unspecified atom stereocenters. The Labute approximate surface area is 113 Å². The van der Waals surface area contributed by atoms with Crippen molar-refractivity contribution in [1.82, 2.24) is 10.1 Å². The van der Waals surface area contributed by atoms with Gasteiger partial charge in [-0.05, 0) is 35.7 Å². The van der Waals surface area contributed by atoms with Crippen LogP contribution in [0.3, 0.4) is 0 Å².